The van der Waals surface area contributed by atoms with E-state index in [9.17, 15) is 14.4 Å². The van der Waals surface area contributed by atoms with E-state index in [4.69, 9.17) is 14.2 Å². The van der Waals surface area contributed by atoms with E-state index in [0.29, 0.717) is 22.9 Å². The third kappa shape index (κ3) is 4.62. The van der Waals surface area contributed by atoms with Gasteiger partial charge in [0.15, 0.2) is 0 Å². The van der Waals surface area contributed by atoms with Gasteiger partial charge in [-0.3, -0.25) is 25.2 Å². The number of hydrogen-bond donors (Lipinski definition) is 2. The van der Waals surface area contributed by atoms with Crippen LogP contribution < -0.4 is 30.0 Å². The van der Waals surface area contributed by atoms with Crippen LogP contribution in [0, 0.1) is 5.92 Å². The van der Waals surface area contributed by atoms with Gasteiger partial charge in [-0.25, -0.2) is 0 Å². The highest BCUT2D eigenvalue weighted by molar-refractivity contribution is 6.01. The maximum atomic E-state index is 12.5. The topological polar surface area (TPSA) is 106 Å². The van der Waals surface area contributed by atoms with Crippen molar-refractivity contribution in [2.45, 2.75) is 6.42 Å². The van der Waals surface area contributed by atoms with Crippen LogP contribution in [0.4, 0.5) is 5.69 Å². The van der Waals surface area contributed by atoms with E-state index >= 15 is 0 Å². The summed E-state index contributed by atoms with van der Waals surface area (Å²) in [6.07, 6.45) is 0.0475. The number of nitrogens with zero attached hydrogens (tertiary/aromatic N) is 1. The second-order valence-corrected chi connectivity index (χ2v) is 6.65. The third-order valence-corrected chi connectivity index (χ3v) is 4.77. The molecule has 0 unspecified atom stereocenters. The second-order valence-electron chi connectivity index (χ2n) is 6.65. The predicted octanol–water partition coefficient (Wildman–Crippen LogP) is 1.53. The summed E-state index contributed by atoms with van der Waals surface area (Å²) in [7, 11) is 4.49. The molecule has 1 heterocycles. The highest BCUT2D eigenvalue weighted by Gasteiger charge is 2.35. The van der Waals surface area contributed by atoms with Gasteiger partial charge in [0.25, 0.3) is 5.91 Å². The minimum atomic E-state index is -0.594. The number of carbonyl (C=O) groups excluding carboxylic acids is 3. The van der Waals surface area contributed by atoms with E-state index in [0.717, 1.165) is 0 Å². The Kier molecular flexibility index (Phi) is 6.41. The molecule has 158 valence electrons. The van der Waals surface area contributed by atoms with E-state index in [1.807, 2.05) is 0 Å². The minimum Gasteiger partial charge on any atom is -0.497 e. The molecule has 0 spiro atoms. The van der Waals surface area contributed by atoms with Gasteiger partial charge < -0.3 is 19.1 Å². The summed E-state index contributed by atoms with van der Waals surface area (Å²) in [4.78, 5) is 38.8. The van der Waals surface area contributed by atoms with Gasteiger partial charge in [0.05, 0.1) is 27.2 Å². The van der Waals surface area contributed by atoms with Crippen molar-refractivity contribution in [2.24, 2.45) is 5.92 Å². The molecular weight excluding hydrogens is 390 g/mol. The van der Waals surface area contributed by atoms with Crippen molar-refractivity contribution < 1.29 is 28.6 Å². The van der Waals surface area contributed by atoms with Crippen molar-refractivity contribution in [3.63, 3.8) is 0 Å². The van der Waals surface area contributed by atoms with Gasteiger partial charge in [-0.2, -0.15) is 0 Å². The average Bonchev–Trinajstić information content (AvgIpc) is 3.18. The molecule has 1 atom stereocenters. The number of nitrogens with one attached hydrogen (secondary N) is 2. The van der Waals surface area contributed by atoms with Gasteiger partial charge in [-0.05, 0) is 24.3 Å². The first kappa shape index (κ1) is 21.0. The number of ether oxygens (including phenoxy) is 3. The third-order valence-electron chi connectivity index (χ3n) is 4.77. The molecule has 3 amide bonds. The molecule has 9 heteroatoms. The smallest absolute Gasteiger partial charge is 0.269 e. The molecule has 2 N–H and O–H groups in total. The Labute approximate surface area is 173 Å². The molecule has 0 aromatic heterocycles. The standard InChI is InChI=1S/C21H23N3O6/c1-28-16-6-4-5-15(10-16)24-12-14(9-19(24)25)21(27)23-22-20(26)13-7-17(29-2)11-18(8-13)30-3/h4-8,10-11,14H,9,12H2,1-3H3,(H,22,26)(H,23,27)/t14-/m0/s1. The Bertz CT molecular complexity index is 939. The molecule has 30 heavy (non-hydrogen) atoms. The first-order valence-corrected chi connectivity index (χ1v) is 9.23. The van der Waals surface area contributed by atoms with Crippen LogP contribution in [-0.4, -0.2) is 45.6 Å². The molecule has 0 bridgehead atoms. The van der Waals surface area contributed by atoms with Gasteiger partial charge in [0, 0.05) is 36.3 Å². The first-order valence-electron chi connectivity index (χ1n) is 9.23. The molecule has 0 saturated carbocycles. The summed E-state index contributed by atoms with van der Waals surface area (Å²) >= 11 is 0. The Balaban J connectivity index is 1.61. The van der Waals surface area contributed by atoms with Crippen LogP contribution in [0.2, 0.25) is 0 Å². The number of methoxy groups -OCH3 is 3. The molecule has 1 saturated heterocycles. The number of benzene rings is 2. The summed E-state index contributed by atoms with van der Waals surface area (Å²) in [6, 6.07) is 11.7. The molecule has 2 aromatic rings. The Hall–Kier alpha value is -3.75. The van der Waals surface area contributed by atoms with Gasteiger partial charge >= 0.3 is 0 Å². The summed E-state index contributed by atoms with van der Waals surface area (Å²) in [5.74, 6) is -0.237. The zero-order chi connectivity index (χ0) is 21.7. The molecule has 0 radical (unpaired) electrons. The summed E-state index contributed by atoms with van der Waals surface area (Å²) in [5.41, 5.74) is 5.67. The summed E-state index contributed by atoms with van der Waals surface area (Å²) < 4.78 is 15.5. The van der Waals surface area contributed by atoms with E-state index in [1.54, 1.807) is 37.4 Å². The van der Waals surface area contributed by atoms with Crippen LogP contribution in [0.15, 0.2) is 42.5 Å². The van der Waals surface area contributed by atoms with Crippen LogP contribution in [-0.2, 0) is 9.59 Å². The van der Waals surface area contributed by atoms with Crippen molar-refractivity contribution in [1.82, 2.24) is 10.9 Å². The lowest BCUT2D eigenvalue weighted by atomic mass is 10.1. The monoisotopic (exact) mass is 413 g/mol. The number of anilines is 1. The lowest BCUT2D eigenvalue weighted by molar-refractivity contribution is -0.126. The normalized spacial score (nSPS) is 15.5. The molecule has 2 aromatic carbocycles. The van der Waals surface area contributed by atoms with Crippen molar-refractivity contribution in [2.75, 3.05) is 32.8 Å². The molecular formula is C21H23N3O6. The van der Waals surface area contributed by atoms with Gasteiger partial charge in [-0.15, -0.1) is 0 Å². The van der Waals surface area contributed by atoms with Crippen LogP contribution in [0.5, 0.6) is 17.2 Å². The van der Waals surface area contributed by atoms with Crippen molar-refractivity contribution in [3.05, 3.63) is 48.0 Å². The SMILES string of the molecule is COc1cc(OC)cc(C(=O)NNC(=O)[C@H]2CC(=O)N(c3cccc(OC)c3)C2)c1. The van der Waals surface area contributed by atoms with Crippen LogP contribution >= 0.6 is 0 Å². The Morgan fingerprint density at radius 1 is 0.933 bits per heavy atom. The fourth-order valence-corrected chi connectivity index (χ4v) is 3.14. The van der Waals surface area contributed by atoms with E-state index in [1.165, 1.54) is 31.3 Å². The number of hydrazine groups is 1. The molecule has 1 aliphatic rings. The maximum absolute atomic E-state index is 12.5. The molecule has 9 nitrogen and oxygen atoms in total. The quantitative estimate of drug-likeness (QED) is 0.696. The highest BCUT2D eigenvalue weighted by atomic mass is 16.5. The van der Waals surface area contributed by atoms with Crippen molar-refractivity contribution in [3.8, 4) is 17.2 Å². The van der Waals surface area contributed by atoms with Crippen LogP contribution in [0.3, 0.4) is 0 Å². The zero-order valence-electron chi connectivity index (χ0n) is 16.9. The number of carbonyl (C=O) groups is 3. The molecule has 1 aliphatic heterocycles. The van der Waals surface area contributed by atoms with E-state index in [-0.39, 0.29) is 24.4 Å². The van der Waals surface area contributed by atoms with Gasteiger partial charge in [-0.1, -0.05) is 6.07 Å². The Morgan fingerprint density at radius 2 is 1.60 bits per heavy atom. The van der Waals surface area contributed by atoms with Gasteiger partial charge in [0.2, 0.25) is 11.8 Å². The lowest BCUT2D eigenvalue weighted by Crippen LogP contribution is -2.45. The lowest BCUT2D eigenvalue weighted by Gasteiger charge is -2.17. The first-order chi connectivity index (χ1) is 14.4. The number of hydrogen-bond acceptors (Lipinski definition) is 6. The largest absolute Gasteiger partial charge is 0.497 e. The van der Waals surface area contributed by atoms with Crippen molar-refractivity contribution >= 4 is 23.4 Å². The maximum Gasteiger partial charge on any atom is 0.269 e. The van der Waals surface area contributed by atoms with Crippen LogP contribution in [0.1, 0.15) is 16.8 Å². The fraction of sp³-hybridized carbons (Fsp3) is 0.286. The molecule has 1 fully saturated rings. The molecule has 0 aliphatic carbocycles. The van der Waals surface area contributed by atoms with E-state index < -0.39 is 17.7 Å². The van der Waals surface area contributed by atoms with Crippen LogP contribution in [0.25, 0.3) is 0 Å². The average molecular weight is 413 g/mol. The van der Waals surface area contributed by atoms with Crippen molar-refractivity contribution in [1.29, 1.82) is 0 Å². The number of amides is 3. The number of rotatable bonds is 6. The summed E-state index contributed by atoms with van der Waals surface area (Å²) in [6.45, 7) is 0.209. The highest BCUT2D eigenvalue weighted by Crippen LogP contribution is 2.28. The summed E-state index contributed by atoms with van der Waals surface area (Å²) in [5, 5.41) is 0. The second kappa shape index (κ2) is 9.17. The van der Waals surface area contributed by atoms with Gasteiger partial charge in [0.1, 0.15) is 17.2 Å². The zero-order valence-corrected chi connectivity index (χ0v) is 16.9. The van der Waals surface area contributed by atoms with E-state index in [2.05, 4.69) is 10.9 Å². The minimum absolute atomic E-state index is 0.0475. The fourth-order valence-electron chi connectivity index (χ4n) is 3.14. The molecule has 3 rings (SSSR count). The Morgan fingerprint density at radius 3 is 2.23 bits per heavy atom. The predicted molar refractivity (Wildman–Crippen MR) is 109 cm³/mol.